The van der Waals surface area contributed by atoms with Crippen molar-refractivity contribution < 1.29 is 4.74 Å². The zero-order chi connectivity index (χ0) is 13.3. The Morgan fingerprint density at radius 3 is 2.47 bits per heavy atom. The Morgan fingerprint density at radius 2 is 1.89 bits per heavy atom. The first-order valence-corrected chi connectivity index (χ1v) is 8.64. The highest BCUT2D eigenvalue weighted by Gasteiger charge is 2.55. The lowest BCUT2D eigenvalue weighted by Gasteiger charge is -2.59. The highest BCUT2D eigenvalue weighted by atomic mass is 16.5. The summed E-state index contributed by atoms with van der Waals surface area (Å²) in [6.07, 6.45) is 13.2. The van der Waals surface area contributed by atoms with E-state index in [0.717, 1.165) is 24.6 Å². The summed E-state index contributed by atoms with van der Waals surface area (Å²) in [4.78, 5) is 0. The average Bonchev–Trinajstić information content (AvgIpc) is 2.36. The predicted octanol–water partition coefficient (Wildman–Crippen LogP) is 3.89. The molecule has 1 spiro atoms. The first-order chi connectivity index (χ1) is 9.26. The van der Waals surface area contributed by atoms with Gasteiger partial charge in [-0.05, 0) is 51.9 Å². The summed E-state index contributed by atoms with van der Waals surface area (Å²) in [7, 11) is 0. The summed E-state index contributed by atoms with van der Waals surface area (Å²) in [6, 6.07) is 1.46. The molecule has 0 aliphatic heterocycles. The van der Waals surface area contributed by atoms with E-state index in [-0.39, 0.29) is 0 Å². The highest BCUT2D eigenvalue weighted by Crippen LogP contribution is 2.53. The topological polar surface area (TPSA) is 21.3 Å². The van der Waals surface area contributed by atoms with Gasteiger partial charge in [0, 0.05) is 24.1 Å². The third-order valence-corrected chi connectivity index (χ3v) is 6.26. The van der Waals surface area contributed by atoms with Crippen LogP contribution >= 0.6 is 0 Å². The van der Waals surface area contributed by atoms with E-state index in [1.807, 2.05) is 0 Å². The third-order valence-electron chi connectivity index (χ3n) is 6.26. The van der Waals surface area contributed by atoms with Crippen LogP contribution in [0.3, 0.4) is 0 Å². The first-order valence-electron chi connectivity index (χ1n) is 8.64. The molecule has 0 amide bonds. The molecule has 3 atom stereocenters. The Kier molecular flexibility index (Phi) is 4.19. The molecule has 1 N–H and O–H groups in total. The molecule has 3 aliphatic carbocycles. The van der Waals surface area contributed by atoms with Gasteiger partial charge in [0.25, 0.3) is 0 Å². The molecule has 0 aromatic rings. The maximum absolute atomic E-state index is 6.04. The molecule has 0 aromatic heterocycles. The van der Waals surface area contributed by atoms with E-state index in [4.69, 9.17) is 4.74 Å². The lowest BCUT2D eigenvalue weighted by Crippen LogP contribution is -2.66. The minimum Gasteiger partial charge on any atom is -0.378 e. The molecular formula is C17H31NO. The van der Waals surface area contributed by atoms with Crippen LogP contribution in [-0.2, 0) is 4.74 Å². The zero-order valence-electron chi connectivity index (χ0n) is 12.8. The molecule has 3 aliphatic rings. The first kappa shape index (κ1) is 13.9. The van der Waals surface area contributed by atoms with Crippen LogP contribution in [0.4, 0.5) is 0 Å². The molecule has 0 bridgehead atoms. The van der Waals surface area contributed by atoms with Gasteiger partial charge in [0.15, 0.2) is 0 Å². The molecule has 3 fully saturated rings. The fraction of sp³-hybridized carbons (Fsp3) is 1.00. The van der Waals surface area contributed by atoms with Gasteiger partial charge in [-0.15, -0.1) is 0 Å². The summed E-state index contributed by atoms with van der Waals surface area (Å²) in [5.41, 5.74) is 0.492. The van der Waals surface area contributed by atoms with Crippen LogP contribution in [0.25, 0.3) is 0 Å². The Labute approximate surface area is 118 Å². The van der Waals surface area contributed by atoms with E-state index in [0.29, 0.717) is 11.5 Å². The summed E-state index contributed by atoms with van der Waals surface area (Å²) in [6.45, 7) is 5.44. The van der Waals surface area contributed by atoms with Crippen LogP contribution in [0, 0.1) is 11.3 Å². The van der Waals surface area contributed by atoms with E-state index >= 15 is 0 Å². The normalized spacial score (nSPS) is 35.7. The lowest BCUT2D eigenvalue weighted by atomic mass is 9.55. The van der Waals surface area contributed by atoms with Crippen molar-refractivity contribution >= 4 is 0 Å². The summed E-state index contributed by atoms with van der Waals surface area (Å²) in [5.74, 6) is 0.951. The van der Waals surface area contributed by atoms with E-state index < -0.39 is 0 Å². The predicted molar refractivity (Wildman–Crippen MR) is 79.3 cm³/mol. The van der Waals surface area contributed by atoms with E-state index in [2.05, 4.69) is 19.2 Å². The second-order valence-corrected chi connectivity index (χ2v) is 7.17. The van der Waals surface area contributed by atoms with Crippen LogP contribution in [0.5, 0.6) is 0 Å². The second kappa shape index (κ2) is 5.73. The van der Waals surface area contributed by atoms with Crippen molar-refractivity contribution in [3.05, 3.63) is 0 Å². The van der Waals surface area contributed by atoms with Crippen LogP contribution in [-0.4, -0.2) is 24.8 Å². The summed E-state index contributed by atoms with van der Waals surface area (Å²) < 4.78 is 6.04. The maximum atomic E-state index is 6.04. The van der Waals surface area contributed by atoms with E-state index in [9.17, 15) is 0 Å². The summed E-state index contributed by atoms with van der Waals surface area (Å²) >= 11 is 0. The van der Waals surface area contributed by atoms with Crippen molar-refractivity contribution in [2.75, 3.05) is 6.61 Å². The van der Waals surface area contributed by atoms with Gasteiger partial charge >= 0.3 is 0 Å². The molecule has 2 heteroatoms. The Bertz CT molecular complexity index is 294. The van der Waals surface area contributed by atoms with Gasteiger partial charge < -0.3 is 10.1 Å². The molecule has 110 valence electrons. The van der Waals surface area contributed by atoms with Gasteiger partial charge in [-0.25, -0.2) is 0 Å². The fourth-order valence-electron chi connectivity index (χ4n) is 4.69. The van der Waals surface area contributed by atoms with Crippen LogP contribution < -0.4 is 5.32 Å². The minimum atomic E-state index is 0.492. The van der Waals surface area contributed by atoms with Gasteiger partial charge in [-0.1, -0.05) is 25.7 Å². The number of hydrogen-bond acceptors (Lipinski definition) is 2. The number of nitrogens with one attached hydrogen (secondary N) is 1. The van der Waals surface area contributed by atoms with Crippen molar-refractivity contribution in [2.24, 2.45) is 11.3 Å². The number of ether oxygens (including phenoxy) is 1. The molecule has 3 saturated carbocycles. The maximum Gasteiger partial charge on any atom is 0.0661 e. The number of rotatable bonds is 5. The quantitative estimate of drug-likeness (QED) is 0.814. The van der Waals surface area contributed by atoms with Gasteiger partial charge in [-0.2, -0.15) is 0 Å². The SMILES string of the molecule is CCOC1CC(NC(C)C2CCC2)C12CCCCC2. The monoisotopic (exact) mass is 265 g/mol. The lowest BCUT2D eigenvalue weighted by molar-refractivity contribution is -0.153. The van der Waals surface area contributed by atoms with Crippen LogP contribution in [0.2, 0.25) is 0 Å². The third kappa shape index (κ3) is 2.47. The molecule has 19 heavy (non-hydrogen) atoms. The average molecular weight is 265 g/mol. The molecule has 0 aromatic carbocycles. The second-order valence-electron chi connectivity index (χ2n) is 7.17. The Hall–Kier alpha value is -0.0800. The largest absolute Gasteiger partial charge is 0.378 e. The Morgan fingerprint density at radius 1 is 1.16 bits per heavy atom. The summed E-state index contributed by atoms with van der Waals surface area (Å²) in [5, 5.41) is 3.99. The standard InChI is InChI=1S/C17H31NO/c1-3-19-16-12-15(17(16)10-5-4-6-11-17)18-13(2)14-8-7-9-14/h13-16,18H,3-12H2,1-2H3. The fourth-order valence-corrected chi connectivity index (χ4v) is 4.69. The smallest absolute Gasteiger partial charge is 0.0661 e. The molecule has 0 heterocycles. The Balaban J connectivity index is 1.60. The van der Waals surface area contributed by atoms with Crippen molar-refractivity contribution in [3.8, 4) is 0 Å². The van der Waals surface area contributed by atoms with Gasteiger partial charge in [0.1, 0.15) is 0 Å². The van der Waals surface area contributed by atoms with Crippen molar-refractivity contribution in [1.29, 1.82) is 0 Å². The molecule has 0 radical (unpaired) electrons. The van der Waals surface area contributed by atoms with E-state index in [1.165, 1.54) is 57.8 Å². The molecule has 3 unspecified atom stereocenters. The molecular weight excluding hydrogens is 234 g/mol. The van der Waals surface area contributed by atoms with Gasteiger partial charge in [0.2, 0.25) is 0 Å². The highest BCUT2D eigenvalue weighted by molar-refractivity contribution is 5.09. The van der Waals surface area contributed by atoms with E-state index in [1.54, 1.807) is 0 Å². The van der Waals surface area contributed by atoms with Crippen molar-refractivity contribution in [2.45, 2.75) is 89.8 Å². The zero-order valence-corrected chi connectivity index (χ0v) is 12.8. The minimum absolute atomic E-state index is 0.492. The molecule has 2 nitrogen and oxygen atoms in total. The van der Waals surface area contributed by atoms with Gasteiger partial charge in [0.05, 0.1) is 6.10 Å². The van der Waals surface area contributed by atoms with Crippen LogP contribution in [0.15, 0.2) is 0 Å². The molecule has 0 saturated heterocycles. The van der Waals surface area contributed by atoms with Gasteiger partial charge in [-0.3, -0.25) is 0 Å². The van der Waals surface area contributed by atoms with Crippen molar-refractivity contribution in [3.63, 3.8) is 0 Å². The molecule has 3 rings (SSSR count). The van der Waals surface area contributed by atoms with Crippen molar-refractivity contribution in [1.82, 2.24) is 5.32 Å². The number of hydrogen-bond donors (Lipinski definition) is 1. The van der Waals surface area contributed by atoms with Crippen LogP contribution in [0.1, 0.15) is 71.6 Å².